The number of urea groups is 1. The second kappa shape index (κ2) is 15.2. The van der Waals surface area contributed by atoms with E-state index >= 15 is 0 Å². The quantitative estimate of drug-likeness (QED) is 0.313. The third kappa shape index (κ3) is 7.42. The van der Waals surface area contributed by atoms with Crippen molar-refractivity contribution in [2.75, 3.05) is 58.7 Å². The number of aldehydes is 1. The Kier molecular flexibility index (Phi) is 11.0. The number of nitrogens with zero attached hydrogens (tertiary/aromatic N) is 4. The van der Waals surface area contributed by atoms with Gasteiger partial charge in [-0.2, -0.15) is 0 Å². The fourth-order valence-electron chi connectivity index (χ4n) is 8.40. The molecule has 10 nitrogen and oxygen atoms in total. The first-order valence-corrected chi connectivity index (χ1v) is 18.0. The van der Waals surface area contributed by atoms with Crippen molar-refractivity contribution in [3.63, 3.8) is 0 Å². The molecule has 12 heteroatoms. The minimum absolute atomic E-state index is 0.0290. The van der Waals surface area contributed by atoms with Crippen molar-refractivity contribution in [3.05, 3.63) is 57.6 Å². The Morgan fingerprint density at radius 3 is 2.38 bits per heavy atom. The van der Waals surface area contributed by atoms with Gasteiger partial charge in [-0.05, 0) is 112 Å². The molecular weight excluding hydrogens is 653 g/mol. The molecule has 48 heavy (non-hydrogen) atoms. The van der Waals surface area contributed by atoms with Crippen molar-refractivity contribution in [1.82, 2.24) is 19.6 Å². The van der Waals surface area contributed by atoms with Gasteiger partial charge in [0.25, 0.3) is 0 Å². The number of carbonyl (C=O) groups is 3. The van der Waals surface area contributed by atoms with Gasteiger partial charge in [0.1, 0.15) is 24.3 Å². The van der Waals surface area contributed by atoms with E-state index in [2.05, 4.69) is 22.2 Å². The molecule has 3 saturated heterocycles. The van der Waals surface area contributed by atoms with Crippen LogP contribution >= 0.6 is 23.2 Å². The van der Waals surface area contributed by atoms with Crippen molar-refractivity contribution < 1.29 is 23.9 Å². The molecule has 4 aliphatic heterocycles. The van der Waals surface area contributed by atoms with Crippen LogP contribution in [0.15, 0.2) is 36.4 Å². The third-order valence-electron chi connectivity index (χ3n) is 11.2. The van der Waals surface area contributed by atoms with Crippen LogP contribution in [0.25, 0.3) is 0 Å². The molecule has 2 atom stereocenters. The fourth-order valence-corrected chi connectivity index (χ4v) is 8.72. The molecule has 0 bridgehead atoms. The van der Waals surface area contributed by atoms with Crippen molar-refractivity contribution in [2.45, 2.75) is 69.7 Å². The van der Waals surface area contributed by atoms with Crippen molar-refractivity contribution in [1.29, 1.82) is 0 Å². The predicted molar refractivity (Wildman–Crippen MR) is 187 cm³/mol. The molecule has 3 fully saturated rings. The summed E-state index contributed by atoms with van der Waals surface area (Å²) in [5.74, 6) is 2.08. The molecule has 2 aromatic carbocycles. The lowest BCUT2D eigenvalue weighted by Crippen LogP contribution is -2.69. The number of benzene rings is 2. The van der Waals surface area contributed by atoms with Crippen molar-refractivity contribution in [3.8, 4) is 5.75 Å². The lowest BCUT2D eigenvalue weighted by molar-refractivity contribution is -0.129. The first-order valence-electron chi connectivity index (χ1n) is 17.2. The molecule has 0 aliphatic carbocycles. The summed E-state index contributed by atoms with van der Waals surface area (Å²) >= 11 is 12.3. The van der Waals surface area contributed by atoms with Crippen molar-refractivity contribution in [2.24, 2.45) is 11.8 Å². The van der Waals surface area contributed by atoms with E-state index in [1.165, 1.54) is 12.8 Å². The van der Waals surface area contributed by atoms with Crippen molar-refractivity contribution >= 4 is 47.3 Å². The molecule has 0 unspecified atom stereocenters. The number of halogens is 2. The van der Waals surface area contributed by atoms with Crippen LogP contribution < -0.4 is 10.1 Å². The van der Waals surface area contributed by atoms with E-state index in [1.54, 1.807) is 30.2 Å². The zero-order valence-electron chi connectivity index (χ0n) is 28.0. The number of anilines is 1. The van der Waals surface area contributed by atoms with E-state index in [0.717, 1.165) is 67.9 Å². The predicted octanol–water partition coefficient (Wildman–Crippen LogP) is 6.53. The number of hydrogen-bond acceptors (Lipinski definition) is 7. The maximum atomic E-state index is 14.0. The summed E-state index contributed by atoms with van der Waals surface area (Å²) in [7, 11) is 3.83. The molecule has 260 valence electrons. The number of methoxy groups -OCH3 is 1. The summed E-state index contributed by atoms with van der Waals surface area (Å²) in [6, 6.07) is 10.5. The molecule has 3 amide bonds. The van der Waals surface area contributed by atoms with Crippen LogP contribution in [0.5, 0.6) is 5.75 Å². The van der Waals surface area contributed by atoms with Crippen LogP contribution in [0.3, 0.4) is 0 Å². The van der Waals surface area contributed by atoms with Gasteiger partial charge >= 0.3 is 12.1 Å². The average molecular weight is 701 g/mol. The summed E-state index contributed by atoms with van der Waals surface area (Å²) in [6.07, 6.45) is 6.76. The van der Waals surface area contributed by atoms with Gasteiger partial charge in [0.15, 0.2) is 0 Å². The number of rotatable bonds is 8. The van der Waals surface area contributed by atoms with Gasteiger partial charge in [-0.15, -0.1) is 0 Å². The largest absolute Gasteiger partial charge is 0.497 e. The second-order valence-corrected chi connectivity index (χ2v) is 14.6. The lowest BCUT2D eigenvalue weighted by atomic mass is 9.77. The molecule has 2 aromatic rings. The highest BCUT2D eigenvalue weighted by atomic mass is 35.5. The highest BCUT2D eigenvalue weighted by molar-refractivity contribution is 6.42. The fraction of sp³-hybridized carbons (Fsp3) is 0.583. The van der Waals surface area contributed by atoms with E-state index in [9.17, 15) is 14.4 Å². The van der Waals surface area contributed by atoms with Crippen LogP contribution in [-0.4, -0.2) is 103 Å². The maximum absolute atomic E-state index is 14.0. The molecule has 6 rings (SSSR count). The third-order valence-corrected chi connectivity index (χ3v) is 11.9. The highest BCUT2D eigenvalue weighted by Gasteiger charge is 2.52. The van der Waals surface area contributed by atoms with Gasteiger partial charge in [-0.3, -0.25) is 9.80 Å². The Labute approximate surface area is 293 Å². The molecule has 0 saturated carbocycles. The SMILES string of the molecule is COc1ccc2c(c1)CCN([C@@H]1CCN(C(=O)OCc3ccc(Cl)c(Cl)c3)[C@](CC=O)(N3CCC(C4CCN(C)CC4)CC3)C1)C(=O)N2. The van der Waals surface area contributed by atoms with E-state index in [4.69, 9.17) is 32.7 Å². The van der Waals surface area contributed by atoms with Gasteiger partial charge in [-0.25, -0.2) is 9.59 Å². The van der Waals surface area contributed by atoms with E-state index in [-0.39, 0.29) is 25.1 Å². The molecule has 0 aromatic heterocycles. The Hall–Kier alpha value is -3.05. The molecule has 0 spiro atoms. The van der Waals surface area contributed by atoms with Crippen LogP contribution in [-0.2, 0) is 22.6 Å². The van der Waals surface area contributed by atoms with Gasteiger partial charge in [0.2, 0.25) is 0 Å². The second-order valence-electron chi connectivity index (χ2n) is 13.8. The molecule has 1 N–H and O–H groups in total. The monoisotopic (exact) mass is 699 g/mol. The summed E-state index contributed by atoms with van der Waals surface area (Å²) in [6.45, 7) is 4.74. The first kappa shape index (κ1) is 34.8. The number of amides is 3. The van der Waals surface area contributed by atoms with Gasteiger partial charge in [0, 0.05) is 50.7 Å². The highest BCUT2D eigenvalue weighted by Crippen LogP contribution is 2.42. The summed E-state index contributed by atoms with van der Waals surface area (Å²) < 4.78 is 11.3. The molecular formula is C36H47Cl2N5O5. The standard InChI is InChI=1S/C36H47Cl2N5O5/c1-40-14-7-26(8-15-40)27-9-16-41(17-10-27)36(13-20-44)23-29(42-18-11-28-22-30(47-2)4-6-33(28)39-34(42)45)12-19-43(36)35(46)48-24-25-3-5-31(37)32(38)21-25/h3-6,20-22,26-27,29H,7-19,23-24H2,1-2H3,(H,39,45)/t29-,36+/m1/s1. The molecule has 4 heterocycles. The summed E-state index contributed by atoms with van der Waals surface area (Å²) in [5.41, 5.74) is 1.61. The van der Waals surface area contributed by atoms with Gasteiger partial charge in [0.05, 0.1) is 17.2 Å². The zero-order valence-corrected chi connectivity index (χ0v) is 29.5. The molecule has 0 radical (unpaired) electrons. The van der Waals surface area contributed by atoms with E-state index in [1.807, 2.05) is 23.1 Å². The van der Waals surface area contributed by atoms with Gasteiger partial charge < -0.3 is 29.4 Å². The molecule has 4 aliphatic rings. The number of nitrogens with one attached hydrogen (secondary N) is 1. The Balaban J connectivity index is 1.23. The lowest BCUT2D eigenvalue weighted by Gasteiger charge is -2.57. The Morgan fingerprint density at radius 1 is 0.958 bits per heavy atom. The average Bonchev–Trinajstić information content (AvgIpc) is 3.26. The van der Waals surface area contributed by atoms with Crippen LogP contribution in [0.2, 0.25) is 10.0 Å². The summed E-state index contributed by atoms with van der Waals surface area (Å²) in [5, 5.41) is 3.93. The number of hydrogen-bond donors (Lipinski definition) is 1. The smallest absolute Gasteiger partial charge is 0.411 e. The number of piperidine rings is 3. The number of fused-ring (bicyclic) bond motifs is 1. The zero-order chi connectivity index (χ0) is 33.8. The number of likely N-dealkylation sites (tertiary alicyclic amines) is 3. The Bertz CT molecular complexity index is 1480. The van der Waals surface area contributed by atoms with Gasteiger partial charge in [-0.1, -0.05) is 29.3 Å². The number of carbonyl (C=O) groups excluding carboxylic acids is 3. The minimum atomic E-state index is -0.917. The topological polar surface area (TPSA) is 94.7 Å². The minimum Gasteiger partial charge on any atom is -0.497 e. The summed E-state index contributed by atoms with van der Waals surface area (Å²) in [4.78, 5) is 48.7. The first-order chi connectivity index (χ1) is 23.2. The normalized spacial score (nSPS) is 24.8. The maximum Gasteiger partial charge on any atom is 0.411 e. The Morgan fingerprint density at radius 2 is 1.69 bits per heavy atom. The van der Waals surface area contributed by atoms with Crippen LogP contribution in [0.4, 0.5) is 15.3 Å². The number of ether oxygens (including phenoxy) is 2. The van der Waals surface area contributed by atoms with Crippen LogP contribution in [0, 0.1) is 11.8 Å². The van der Waals surface area contributed by atoms with Crippen LogP contribution in [0.1, 0.15) is 56.1 Å². The van der Waals surface area contributed by atoms with E-state index in [0.29, 0.717) is 54.2 Å². The van der Waals surface area contributed by atoms with E-state index < -0.39 is 11.8 Å².